The topological polar surface area (TPSA) is 110 Å². The molecule has 0 bridgehead atoms. The highest BCUT2D eigenvalue weighted by molar-refractivity contribution is 7.92. The van der Waals surface area contributed by atoms with Crippen LogP contribution >= 0.6 is 0 Å². The van der Waals surface area contributed by atoms with E-state index in [0.717, 1.165) is 0 Å². The monoisotopic (exact) mass is 458 g/mol. The molecule has 0 aliphatic heterocycles. The fraction of sp³-hybridized carbons (Fsp3) is 0.227. The van der Waals surface area contributed by atoms with Crippen LogP contribution in [0.25, 0.3) is 5.69 Å². The van der Waals surface area contributed by atoms with Crippen LogP contribution in [0, 0.1) is 19.7 Å². The largest absolute Gasteiger partial charge is 0.320 e. The van der Waals surface area contributed by atoms with Crippen LogP contribution < -0.4 is 15.5 Å². The second kappa shape index (κ2) is 9.31. The van der Waals surface area contributed by atoms with Gasteiger partial charge in [-0.1, -0.05) is 25.1 Å². The maximum atomic E-state index is 14.2. The number of hydrogen-bond acceptors (Lipinski definition) is 5. The van der Waals surface area contributed by atoms with Crippen molar-refractivity contribution in [2.75, 3.05) is 15.8 Å². The molecule has 1 aromatic heterocycles. The van der Waals surface area contributed by atoms with Gasteiger partial charge in [0, 0.05) is 17.4 Å². The van der Waals surface area contributed by atoms with Crippen molar-refractivity contribution in [1.29, 1.82) is 0 Å². The van der Waals surface area contributed by atoms with Crippen LogP contribution in [0.2, 0.25) is 0 Å². The van der Waals surface area contributed by atoms with Crippen molar-refractivity contribution in [3.05, 3.63) is 81.5 Å². The van der Waals surface area contributed by atoms with E-state index in [1.807, 2.05) is 0 Å². The maximum absolute atomic E-state index is 14.2. The summed E-state index contributed by atoms with van der Waals surface area (Å²) >= 11 is 0. The van der Waals surface area contributed by atoms with E-state index in [2.05, 4.69) is 15.1 Å². The zero-order valence-corrected chi connectivity index (χ0v) is 18.7. The van der Waals surface area contributed by atoms with Crippen LogP contribution in [0.1, 0.15) is 35.1 Å². The smallest absolute Gasteiger partial charge is 0.280 e. The van der Waals surface area contributed by atoms with Crippen LogP contribution in [-0.4, -0.2) is 29.9 Å². The van der Waals surface area contributed by atoms with Gasteiger partial charge in [-0.25, -0.2) is 17.5 Å². The van der Waals surface area contributed by atoms with Crippen LogP contribution in [-0.2, 0) is 10.0 Å². The van der Waals surface area contributed by atoms with Gasteiger partial charge in [0.2, 0.25) is 15.5 Å². The molecule has 0 aliphatic rings. The molecule has 0 saturated heterocycles. The number of nitrogens with zero attached hydrogens (tertiary/aromatic N) is 2. The first kappa shape index (κ1) is 23.1. The van der Waals surface area contributed by atoms with Crippen molar-refractivity contribution in [3.63, 3.8) is 0 Å². The Morgan fingerprint density at radius 3 is 2.47 bits per heavy atom. The molecule has 1 heterocycles. The first-order chi connectivity index (χ1) is 15.1. The highest BCUT2D eigenvalue weighted by Crippen LogP contribution is 2.25. The van der Waals surface area contributed by atoms with Gasteiger partial charge >= 0.3 is 0 Å². The number of anilines is 2. The molecule has 3 aromatic rings. The van der Waals surface area contributed by atoms with E-state index in [0.29, 0.717) is 29.1 Å². The van der Waals surface area contributed by atoms with E-state index in [1.54, 1.807) is 45.0 Å². The summed E-state index contributed by atoms with van der Waals surface area (Å²) in [6, 6.07) is 11.8. The zero-order valence-electron chi connectivity index (χ0n) is 17.8. The molecule has 0 spiro atoms. The Bertz CT molecular complexity index is 1340. The summed E-state index contributed by atoms with van der Waals surface area (Å²) in [6.07, 6.45) is 0.457. The minimum absolute atomic E-state index is 0.0358. The third-order valence-electron chi connectivity index (χ3n) is 4.72. The molecule has 10 heteroatoms. The van der Waals surface area contributed by atoms with E-state index in [9.17, 15) is 22.4 Å². The molecular weight excluding hydrogens is 435 g/mol. The van der Waals surface area contributed by atoms with Gasteiger partial charge in [0.05, 0.1) is 11.4 Å². The lowest BCUT2D eigenvalue weighted by Crippen LogP contribution is -2.27. The molecule has 3 rings (SSSR count). The molecule has 1 amide bonds. The highest BCUT2D eigenvalue weighted by Gasteiger charge is 2.19. The number of aryl methyl sites for hydroxylation is 1. The molecular formula is C22H23FN4O4S. The number of benzene rings is 2. The maximum Gasteiger partial charge on any atom is 0.280 e. The van der Waals surface area contributed by atoms with Crippen molar-refractivity contribution in [1.82, 2.24) is 9.78 Å². The van der Waals surface area contributed by atoms with E-state index >= 15 is 0 Å². The second-order valence-corrected chi connectivity index (χ2v) is 9.06. The molecule has 32 heavy (non-hydrogen) atoms. The molecule has 8 nitrogen and oxygen atoms in total. The summed E-state index contributed by atoms with van der Waals surface area (Å²) in [5.74, 6) is -1.39. The zero-order chi connectivity index (χ0) is 23.5. The van der Waals surface area contributed by atoms with Crippen molar-refractivity contribution in [2.24, 2.45) is 0 Å². The van der Waals surface area contributed by atoms with Crippen molar-refractivity contribution < 1.29 is 17.6 Å². The molecule has 168 valence electrons. The normalized spacial score (nSPS) is 11.2. The van der Waals surface area contributed by atoms with Crippen molar-refractivity contribution in [2.45, 2.75) is 27.2 Å². The van der Waals surface area contributed by atoms with Gasteiger partial charge in [-0.15, -0.1) is 0 Å². The Hall–Kier alpha value is -3.53. The molecule has 0 fully saturated rings. The lowest BCUT2D eigenvalue weighted by Gasteiger charge is -2.15. The van der Waals surface area contributed by atoms with Gasteiger partial charge in [0.25, 0.3) is 5.91 Å². The Balaban J connectivity index is 1.95. The van der Waals surface area contributed by atoms with Gasteiger partial charge in [0.15, 0.2) is 5.69 Å². The Morgan fingerprint density at radius 1 is 1.09 bits per heavy atom. The van der Waals surface area contributed by atoms with Crippen LogP contribution in [0.4, 0.5) is 15.8 Å². The summed E-state index contributed by atoms with van der Waals surface area (Å²) in [7, 11) is -3.52. The predicted molar refractivity (Wildman–Crippen MR) is 121 cm³/mol. The quantitative estimate of drug-likeness (QED) is 0.564. The average Bonchev–Trinajstić information content (AvgIpc) is 2.71. The third kappa shape index (κ3) is 5.02. The van der Waals surface area contributed by atoms with Gasteiger partial charge in [0.1, 0.15) is 11.5 Å². The van der Waals surface area contributed by atoms with Gasteiger partial charge in [-0.05, 0) is 50.1 Å². The summed E-state index contributed by atoms with van der Waals surface area (Å²) < 4.78 is 42.1. The Morgan fingerprint density at radius 2 is 1.78 bits per heavy atom. The number of rotatable bonds is 7. The van der Waals surface area contributed by atoms with E-state index in [1.165, 1.54) is 28.9 Å². The molecule has 0 unspecified atom stereocenters. The number of hydrogen-bond donors (Lipinski definition) is 2. The molecule has 0 aliphatic carbocycles. The number of amides is 1. The summed E-state index contributed by atoms with van der Waals surface area (Å²) in [5.41, 5.74) is 0.521. The number of aromatic nitrogens is 2. The fourth-order valence-corrected chi connectivity index (χ4v) is 4.32. The number of carbonyl (C=O) groups excluding carboxylic acids is 1. The predicted octanol–water partition coefficient (Wildman–Crippen LogP) is 3.39. The average molecular weight is 459 g/mol. The van der Waals surface area contributed by atoms with E-state index < -0.39 is 32.9 Å². The molecule has 2 aromatic carbocycles. The van der Waals surface area contributed by atoms with Crippen molar-refractivity contribution >= 4 is 27.3 Å². The summed E-state index contributed by atoms with van der Waals surface area (Å²) in [5, 5.41) is 6.67. The van der Waals surface area contributed by atoms with Crippen LogP contribution in [0.5, 0.6) is 0 Å². The van der Waals surface area contributed by atoms with E-state index in [-0.39, 0.29) is 11.4 Å². The van der Waals surface area contributed by atoms with Gasteiger partial charge < -0.3 is 5.32 Å². The minimum Gasteiger partial charge on any atom is -0.320 e. The molecule has 0 radical (unpaired) electrons. The number of halogens is 1. The van der Waals surface area contributed by atoms with E-state index in [4.69, 9.17) is 0 Å². The highest BCUT2D eigenvalue weighted by atomic mass is 32.2. The lowest BCUT2D eigenvalue weighted by atomic mass is 10.1. The number of carbonyl (C=O) groups is 1. The first-order valence-electron chi connectivity index (χ1n) is 9.90. The minimum atomic E-state index is -3.52. The second-order valence-electron chi connectivity index (χ2n) is 7.21. The Labute approximate surface area is 185 Å². The number of para-hydroxylation sites is 1. The molecule has 0 saturated carbocycles. The third-order valence-corrected chi connectivity index (χ3v) is 6.20. The number of nitrogens with one attached hydrogen (secondary N) is 2. The van der Waals surface area contributed by atoms with Crippen LogP contribution in [0.3, 0.4) is 0 Å². The lowest BCUT2D eigenvalue weighted by molar-refractivity contribution is 0.101. The van der Waals surface area contributed by atoms with Gasteiger partial charge in [-0.2, -0.15) is 5.10 Å². The summed E-state index contributed by atoms with van der Waals surface area (Å²) in [6.45, 7) is 4.98. The van der Waals surface area contributed by atoms with Crippen molar-refractivity contribution in [3.8, 4) is 5.69 Å². The SMILES string of the molecule is CCCS(=O)(=O)Nc1cccc(NC(=O)c2nn(-c3ccccc3F)c(C)cc2=O)c1C. The van der Waals surface area contributed by atoms with Gasteiger partial charge in [-0.3, -0.25) is 14.3 Å². The van der Waals surface area contributed by atoms with Crippen LogP contribution in [0.15, 0.2) is 53.3 Å². The standard InChI is InChI=1S/C22H23FN4O4S/c1-4-12-32(30,31)26-18-10-7-9-17(15(18)3)24-22(29)21-20(28)13-14(2)27(25-21)19-11-6-5-8-16(19)23/h5-11,13,26H,4,12H2,1-3H3,(H,24,29). The molecule has 2 N–H and O–H groups in total. The molecule has 0 atom stereocenters. The Kier molecular flexibility index (Phi) is 6.73. The summed E-state index contributed by atoms with van der Waals surface area (Å²) in [4.78, 5) is 25.3. The fourth-order valence-electron chi connectivity index (χ4n) is 3.12. The first-order valence-corrected chi connectivity index (χ1v) is 11.6. The number of sulfonamides is 1.